The summed E-state index contributed by atoms with van der Waals surface area (Å²) in [6.07, 6.45) is 5.36. The summed E-state index contributed by atoms with van der Waals surface area (Å²) in [6, 6.07) is 8.47. The van der Waals surface area contributed by atoms with E-state index >= 15 is 0 Å². The number of benzene rings is 1. The first kappa shape index (κ1) is 15.4. The molecule has 0 spiro atoms. The van der Waals surface area contributed by atoms with Gasteiger partial charge in [0.05, 0.1) is 7.11 Å². The van der Waals surface area contributed by atoms with E-state index in [1.54, 1.807) is 7.11 Å². The van der Waals surface area contributed by atoms with Gasteiger partial charge in [-0.2, -0.15) is 0 Å². The summed E-state index contributed by atoms with van der Waals surface area (Å²) in [5.41, 5.74) is 1.36. The van der Waals surface area contributed by atoms with Crippen molar-refractivity contribution in [3.63, 3.8) is 0 Å². The first-order chi connectivity index (χ1) is 9.70. The lowest BCUT2D eigenvalue weighted by molar-refractivity contribution is 0.197. The topological polar surface area (TPSA) is 21.3 Å². The Bertz CT molecular complexity index is 398. The molecule has 1 aliphatic carbocycles. The van der Waals surface area contributed by atoms with Crippen LogP contribution in [0.15, 0.2) is 24.3 Å². The van der Waals surface area contributed by atoms with Crippen LogP contribution in [-0.4, -0.2) is 20.2 Å². The van der Waals surface area contributed by atoms with E-state index in [-0.39, 0.29) is 0 Å². The standard InChI is InChI=1S/C18H29NO/c1-14(2)12-19-13-17(15-8-6-9-15)11-16-7-4-5-10-18(16)20-3/h4-5,7,10,14-15,17,19H,6,8-9,11-13H2,1-3H3. The molecule has 1 saturated carbocycles. The maximum Gasteiger partial charge on any atom is 0.122 e. The van der Waals surface area contributed by atoms with E-state index in [0.29, 0.717) is 0 Å². The van der Waals surface area contributed by atoms with Crippen LogP contribution in [0, 0.1) is 17.8 Å². The van der Waals surface area contributed by atoms with E-state index in [4.69, 9.17) is 4.74 Å². The summed E-state index contributed by atoms with van der Waals surface area (Å²) in [5.74, 6) is 3.42. The van der Waals surface area contributed by atoms with Gasteiger partial charge in [0, 0.05) is 0 Å². The molecular weight excluding hydrogens is 246 g/mol. The molecule has 1 aromatic carbocycles. The van der Waals surface area contributed by atoms with Crippen molar-refractivity contribution in [2.45, 2.75) is 39.5 Å². The second kappa shape index (κ2) is 7.68. The maximum absolute atomic E-state index is 5.50. The van der Waals surface area contributed by atoms with Gasteiger partial charge in [-0.1, -0.05) is 51.3 Å². The highest BCUT2D eigenvalue weighted by Crippen LogP contribution is 2.36. The van der Waals surface area contributed by atoms with E-state index < -0.39 is 0 Å². The van der Waals surface area contributed by atoms with Gasteiger partial charge >= 0.3 is 0 Å². The number of hydrogen-bond donors (Lipinski definition) is 1. The summed E-state index contributed by atoms with van der Waals surface area (Å²) in [6.45, 7) is 6.80. The predicted molar refractivity (Wildman–Crippen MR) is 85.2 cm³/mol. The molecule has 1 aliphatic rings. The van der Waals surface area contributed by atoms with Gasteiger partial charge < -0.3 is 10.1 Å². The Labute approximate surface area is 123 Å². The van der Waals surface area contributed by atoms with Crippen LogP contribution in [-0.2, 0) is 6.42 Å². The third kappa shape index (κ3) is 4.24. The second-order valence-electron chi connectivity index (χ2n) is 6.52. The number of methoxy groups -OCH3 is 1. The second-order valence-corrected chi connectivity index (χ2v) is 6.52. The van der Waals surface area contributed by atoms with Crippen molar-refractivity contribution < 1.29 is 4.74 Å². The molecule has 0 aliphatic heterocycles. The van der Waals surface area contributed by atoms with Crippen LogP contribution in [0.25, 0.3) is 0 Å². The molecular formula is C18H29NO. The van der Waals surface area contributed by atoms with Crippen molar-refractivity contribution >= 4 is 0 Å². The summed E-state index contributed by atoms with van der Waals surface area (Å²) in [5, 5.41) is 3.65. The highest BCUT2D eigenvalue weighted by molar-refractivity contribution is 5.33. The van der Waals surface area contributed by atoms with Crippen LogP contribution < -0.4 is 10.1 Å². The Balaban J connectivity index is 1.96. The minimum absolute atomic E-state index is 0.725. The van der Waals surface area contributed by atoms with Crippen LogP contribution in [0.5, 0.6) is 5.75 Å². The zero-order valence-corrected chi connectivity index (χ0v) is 13.2. The third-order valence-electron chi connectivity index (χ3n) is 4.45. The number of para-hydroxylation sites is 1. The van der Waals surface area contributed by atoms with Gasteiger partial charge in [0.15, 0.2) is 0 Å². The van der Waals surface area contributed by atoms with Crippen molar-refractivity contribution in [2.24, 2.45) is 17.8 Å². The van der Waals surface area contributed by atoms with Crippen LogP contribution in [0.4, 0.5) is 0 Å². The summed E-state index contributed by atoms with van der Waals surface area (Å²) < 4.78 is 5.50. The van der Waals surface area contributed by atoms with Gasteiger partial charge in [-0.3, -0.25) is 0 Å². The number of rotatable bonds is 8. The molecule has 0 amide bonds. The van der Waals surface area contributed by atoms with Crippen LogP contribution in [0.2, 0.25) is 0 Å². The van der Waals surface area contributed by atoms with Crippen molar-refractivity contribution in [1.29, 1.82) is 0 Å². The molecule has 1 unspecified atom stereocenters. The minimum Gasteiger partial charge on any atom is -0.496 e. The molecule has 0 aromatic heterocycles. The zero-order chi connectivity index (χ0) is 14.4. The molecule has 1 fully saturated rings. The first-order valence-corrected chi connectivity index (χ1v) is 8.03. The molecule has 112 valence electrons. The van der Waals surface area contributed by atoms with E-state index in [0.717, 1.165) is 43.0 Å². The van der Waals surface area contributed by atoms with Gasteiger partial charge in [-0.15, -0.1) is 0 Å². The maximum atomic E-state index is 5.50. The molecule has 2 rings (SSSR count). The highest BCUT2D eigenvalue weighted by Gasteiger charge is 2.27. The lowest BCUT2D eigenvalue weighted by Crippen LogP contribution is -2.34. The van der Waals surface area contributed by atoms with Gasteiger partial charge in [0.1, 0.15) is 5.75 Å². The largest absolute Gasteiger partial charge is 0.496 e. The Morgan fingerprint density at radius 2 is 1.95 bits per heavy atom. The molecule has 2 heteroatoms. The number of nitrogens with one attached hydrogen (secondary N) is 1. The van der Waals surface area contributed by atoms with Crippen molar-refractivity contribution in [2.75, 3.05) is 20.2 Å². The Morgan fingerprint density at radius 1 is 1.20 bits per heavy atom. The number of ether oxygens (including phenoxy) is 1. The SMILES string of the molecule is COc1ccccc1CC(CNCC(C)C)C1CCC1. The fourth-order valence-electron chi connectivity index (χ4n) is 3.03. The van der Waals surface area contributed by atoms with Gasteiger partial charge in [-0.05, 0) is 48.9 Å². The average molecular weight is 275 g/mol. The van der Waals surface area contributed by atoms with E-state index in [9.17, 15) is 0 Å². The van der Waals surface area contributed by atoms with E-state index in [1.807, 2.05) is 0 Å². The summed E-state index contributed by atoms with van der Waals surface area (Å²) in [7, 11) is 1.77. The normalized spacial score (nSPS) is 17.0. The minimum atomic E-state index is 0.725. The summed E-state index contributed by atoms with van der Waals surface area (Å²) >= 11 is 0. The lowest BCUT2D eigenvalue weighted by atomic mass is 9.73. The molecule has 0 saturated heterocycles. The smallest absolute Gasteiger partial charge is 0.122 e. The van der Waals surface area contributed by atoms with Gasteiger partial charge in [0.25, 0.3) is 0 Å². The van der Waals surface area contributed by atoms with Crippen molar-refractivity contribution in [3.05, 3.63) is 29.8 Å². The third-order valence-corrected chi connectivity index (χ3v) is 4.45. The monoisotopic (exact) mass is 275 g/mol. The fourth-order valence-corrected chi connectivity index (χ4v) is 3.03. The fraction of sp³-hybridized carbons (Fsp3) is 0.667. The molecule has 20 heavy (non-hydrogen) atoms. The van der Waals surface area contributed by atoms with Gasteiger partial charge in [-0.25, -0.2) is 0 Å². The lowest BCUT2D eigenvalue weighted by Gasteiger charge is -2.34. The van der Waals surface area contributed by atoms with E-state index in [1.165, 1.54) is 24.8 Å². The van der Waals surface area contributed by atoms with Crippen LogP contribution in [0.1, 0.15) is 38.7 Å². The molecule has 0 bridgehead atoms. The first-order valence-electron chi connectivity index (χ1n) is 8.03. The quantitative estimate of drug-likeness (QED) is 0.777. The van der Waals surface area contributed by atoms with Crippen molar-refractivity contribution in [1.82, 2.24) is 5.32 Å². The molecule has 2 nitrogen and oxygen atoms in total. The Kier molecular flexibility index (Phi) is 5.90. The Morgan fingerprint density at radius 3 is 2.55 bits per heavy atom. The number of hydrogen-bond acceptors (Lipinski definition) is 2. The highest BCUT2D eigenvalue weighted by atomic mass is 16.5. The zero-order valence-electron chi connectivity index (χ0n) is 13.2. The van der Waals surface area contributed by atoms with E-state index in [2.05, 4.69) is 43.4 Å². The van der Waals surface area contributed by atoms with Crippen molar-refractivity contribution in [3.8, 4) is 5.75 Å². The average Bonchev–Trinajstić information content (AvgIpc) is 2.36. The summed E-state index contributed by atoms with van der Waals surface area (Å²) in [4.78, 5) is 0. The molecule has 1 aromatic rings. The molecule has 0 heterocycles. The Hall–Kier alpha value is -1.02. The molecule has 1 N–H and O–H groups in total. The molecule has 1 atom stereocenters. The molecule has 0 radical (unpaired) electrons. The van der Waals surface area contributed by atoms with Crippen LogP contribution >= 0.6 is 0 Å². The van der Waals surface area contributed by atoms with Crippen LogP contribution in [0.3, 0.4) is 0 Å². The predicted octanol–water partition coefficient (Wildman–Crippen LogP) is 3.90. The van der Waals surface area contributed by atoms with Gasteiger partial charge in [0.2, 0.25) is 0 Å².